The maximum atomic E-state index is 12.4. The molecule has 0 saturated carbocycles. The van der Waals surface area contributed by atoms with E-state index in [1.165, 1.54) is 29.5 Å². The Morgan fingerprint density at radius 3 is 2.72 bits per heavy atom. The van der Waals surface area contributed by atoms with Crippen LogP contribution in [-0.2, 0) is 6.54 Å². The molecule has 0 spiro atoms. The van der Waals surface area contributed by atoms with Gasteiger partial charge in [0.05, 0.1) is 25.0 Å². The Morgan fingerprint density at radius 1 is 1.36 bits per heavy atom. The van der Waals surface area contributed by atoms with Crippen molar-refractivity contribution in [3.8, 4) is 0 Å². The molecular formula is C15H9Cl2N3O3S2. The third-order valence-corrected chi connectivity index (χ3v) is 5.82. The van der Waals surface area contributed by atoms with Gasteiger partial charge in [-0.25, -0.2) is 0 Å². The molecule has 0 saturated heterocycles. The van der Waals surface area contributed by atoms with Crippen LogP contribution in [0.5, 0.6) is 0 Å². The summed E-state index contributed by atoms with van der Waals surface area (Å²) in [5.74, 6) is -0.521. The number of nitrogens with zero attached hydrogens (tertiary/aromatic N) is 3. The van der Waals surface area contributed by atoms with Crippen LogP contribution in [0.2, 0.25) is 8.67 Å². The first kappa shape index (κ1) is 17.8. The summed E-state index contributed by atoms with van der Waals surface area (Å²) in [6, 6.07) is 5.97. The highest BCUT2D eigenvalue weighted by molar-refractivity contribution is 7.20. The molecule has 0 radical (unpaired) electrons. The molecule has 10 heteroatoms. The number of nitro groups is 1. The van der Waals surface area contributed by atoms with Crippen molar-refractivity contribution in [3.63, 3.8) is 0 Å². The van der Waals surface area contributed by atoms with E-state index in [4.69, 9.17) is 23.2 Å². The van der Waals surface area contributed by atoms with Crippen LogP contribution in [0.25, 0.3) is 10.2 Å². The Labute approximate surface area is 159 Å². The summed E-state index contributed by atoms with van der Waals surface area (Å²) in [6.45, 7) is 4.03. The van der Waals surface area contributed by atoms with Gasteiger partial charge in [0.2, 0.25) is 0 Å². The highest BCUT2D eigenvalue weighted by atomic mass is 35.5. The van der Waals surface area contributed by atoms with Crippen LogP contribution in [0.4, 0.5) is 5.69 Å². The number of allylic oxidation sites excluding steroid dienone is 1. The molecule has 25 heavy (non-hydrogen) atoms. The number of hydrogen-bond acceptors (Lipinski definition) is 5. The first-order valence-corrected chi connectivity index (χ1v) is 9.22. The average molecular weight is 414 g/mol. The molecule has 0 aliphatic carbocycles. The number of benzene rings is 1. The van der Waals surface area contributed by atoms with E-state index in [9.17, 15) is 14.9 Å². The largest absolute Gasteiger partial charge is 0.312 e. The lowest BCUT2D eigenvalue weighted by Gasteiger charge is -2.00. The third kappa shape index (κ3) is 3.52. The van der Waals surface area contributed by atoms with Gasteiger partial charge in [-0.05, 0) is 12.1 Å². The minimum atomic E-state index is -0.521. The fraction of sp³-hybridized carbons (Fsp3) is 0.0667. The second-order valence-corrected chi connectivity index (χ2v) is 8.14. The number of thiophene rings is 1. The van der Waals surface area contributed by atoms with Crippen LogP contribution in [-0.4, -0.2) is 15.4 Å². The van der Waals surface area contributed by atoms with Crippen LogP contribution in [0, 0.1) is 10.1 Å². The quantitative estimate of drug-likeness (QED) is 0.346. The van der Waals surface area contributed by atoms with E-state index in [-0.39, 0.29) is 15.6 Å². The molecular weight excluding hydrogens is 405 g/mol. The molecule has 0 aliphatic rings. The Hall–Kier alpha value is -2.00. The second-order valence-electron chi connectivity index (χ2n) is 4.85. The van der Waals surface area contributed by atoms with Crippen LogP contribution in [0.15, 0.2) is 41.9 Å². The van der Waals surface area contributed by atoms with Gasteiger partial charge >= 0.3 is 0 Å². The van der Waals surface area contributed by atoms with Crippen molar-refractivity contribution < 1.29 is 9.72 Å². The summed E-state index contributed by atoms with van der Waals surface area (Å²) in [7, 11) is 0. The van der Waals surface area contributed by atoms with E-state index in [1.807, 2.05) is 0 Å². The zero-order chi connectivity index (χ0) is 18.1. The van der Waals surface area contributed by atoms with Gasteiger partial charge in [-0.1, -0.05) is 40.6 Å². The molecule has 0 fully saturated rings. The summed E-state index contributed by atoms with van der Waals surface area (Å²) in [4.78, 5) is 27.5. The molecule has 0 bridgehead atoms. The maximum Gasteiger partial charge on any atom is 0.282 e. The molecule has 1 amide bonds. The van der Waals surface area contributed by atoms with Gasteiger partial charge in [-0.2, -0.15) is 4.99 Å². The first-order valence-electron chi connectivity index (χ1n) is 6.83. The summed E-state index contributed by atoms with van der Waals surface area (Å²) >= 11 is 14.2. The van der Waals surface area contributed by atoms with Gasteiger partial charge in [0.25, 0.3) is 11.6 Å². The van der Waals surface area contributed by atoms with Gasteiger partial charge in [-0.3, -0.25) is 14.9 Å². The third-order valence-electron chi connectivity index (χ3n) is 3.27. The molecule has 0 N–H and O–H groups in total. The van der Waals surface area contributed by atoms with Crippen LogP contribution < -0.4 is 4.80 Å². The van der Waals surface area contributed by atoms with Crippen molar-refractivity contribution in [3.05, 3.63) is 66.1 Å². The number of rotatable bonds is 4. The van der Waals surface area contributed by atoms with E-state index in [0.717, 1.165) is 16.0 Å². The van der Waals surface area contributed by atoms with Crippen molar-refractivity contribution in [2.24, 2.45) is 4.99 Å². The standard InChI is InChI=1S/C15H9Cl2N3O3S2/c1-2-5-19-10-6-8(20(22)23)3-4-11(10)24-15(19)18-14(21)9-7-12(16)25-13(9)17/h2-4,6-7H,1,5H2. The van der Waals surface area contributed by atoms with E-state index in [0.29, 0.717) is 21.2 Å². The van der Waals surface area contributed by atoms with Gasteiger partial charge < -0.3 is 4.57 Å². The van der Waals surface area contributed by atoms with Gasteiger partial charge in [0.15, 0.2) is 4.80 Å². The topological polar surface area (TPSA) is 77.5 Å². The average Bonchev–Trinajstić information content (AvgIpc) is 3.07. The number of carbonyl (C=O) groups is 1. The minimum Gasteiger partial charge on any atom is -0.312 e. The second kappa shape index (κ2) is 7.09. The lowest BCUT2D eigenvalue weighted by Crippen LogP contribution is -2.16. The van der Waals surface area contributed by atoms with Gasteiger partial charge in [-0.15, -0.1) is 17.9 Å². The zero-order valence-electron chi connectivity index (χ0n) is 12.4. The van der Waals surface area contributed by atoms with Gasteiger partial charge in [0.1, 0.15) is 4.34 Å². The smallest absolute Gasteiger partial charge is 0.282 e. The molecule has 3 aromatic rings. The molecule has 2 aromatic heterocycles. The molecule has 0 aliphatic heterocycles. The molecule has 1 aromatic carbocycles. The monoisotopic (exact) mass is 413 g/mol. The van der Waals surface area contributed by atoms with E-state index in [1.54, 1.807) is 16.7 Å². The Bertz CT molecular complexity index is 1080. The normalized spacial score (nSPS) is 11.8. The zero-order valence-corrected chi connectivity index (χ0v) is 15.6. The number of halogens is 2. The SMILES string of the molecule is C=CCn1c(=NC(=O)c2cc(Cl)sc2Cl)sc2ccc([N+](=O)[O-])cc21. The summed E-state index contributed by atoms with van der Waals surface area (Å²) in [6.07, 6.45) is 1.63. The molecule has 3 rings (SSSR count). The summed E-state index contributed by atoms with van der Waals surface area (Å²) in [5.41, 5.74) is 0.805. The van der Waals surface area contributed by atoms with Crippen LogP contribution >= 0.6 is 45.9 Å². The number of amides is 1. The van der Waals surface area contributed by atoms with Gasteiger partial charge in [0, 0.05) is 18.7 Å². The summed E-state index contributed by atoms with van der Waals surface area (Å²) < 4.78 is 3.13. The number of fused-ring (bicyclic) bond motifs is 1. The fourth-order valence-electron chi connectivity index (χ4n) is 2.19. The number of nitro benzene ring substituents is 1. The molecule has 6 nitrogen and oxygen atoms in total. The lowest BCUT2D eigenvalue weighted by molar-refractivity contribution is -0.384. The predicted octanol–water partition coefficient (Wildman–Crippen LogP) is 4.91. The van der Waals surface area contributed by atoms with Crippen molar-refractivity contribution >= 4 is 67.7 Å². The van der Waals surface area contributed by atoms with Crippen molar-refractivity contribution in [2.45, 2.75) is 6.54 Å². The van der Waals surface area contributed by atoms with Crippen molar-refractivity contribution in [1.29, 1.82) is 0 Å². The highest BCUT2D eigenvalue weighted by Crippen LogP contribution is 2.31. The van der Waals surface area contributed by atoms with Crippen LogP contribution in [0.3, 0.4) is 0 Å². The summed E-state index contributed by atoms with van der Waals surface area (Å²) in [5, 5.41) is 11.0. The Balaban J connectivity index is 2.19. The van der Waals surface area contributed by atoms with E-state index >= 15 is 0 Å². The Morgan fingerprint density at radius 2 is 2.12 bits per heavy atom. The number of carbonyl (C=O) groups excluding carboxylic acids is 1. The van der Waals surface area contributed by atoms with Crippen molar-refractivity contribution in [2.75, 3.05) is 0 Å². The van der Waals surface area contributed by atoms with E-state index < -0.39 is 10.8 Å². The number of thiazole rings is 1. The molecule has 2 heterocycles. The van der Waals surface area contributed by atoms with E-state index in [2.05, 4.69) is 11.6 Å². The first-order chi connectivity index (χ1) is 11.9. The van der Waals surface area contributed by atoms with Crippen molar-refractivity contribution in [1.82, 2.24) is 4.57 Å². The molecule has 0 unspecified atom stereocenters. The Kier molecular flexibility index (Phi) is 5.05. The molecule has 128 valence electrons. The minimum absolute atomic E-state index is 0.0337. The highest BCUT2D eigenvalue weighted by Gasteiger charge is 2.16. The number of aromatic nitrogens is 1. The maximum absolute atomic E-state index is 12.4. The molecule has 0 atom stereocenters. The number of hydrogen-bond donors (Lipinski definition) is 0. The number of non-ortho nitro benzene ring substituents is 1. The van der Waals surface area contributed by atoms with Crippen LogP contribution in [0.1, 0.15) is 10.4 Å². The fourth-order valence-corrected chi connectivity index (χ4v) is 4.66. The lowest BCUT2D eigenvalue weighted by atomic mass is 10.3. The predicted molar refractivity (Wildman–Crippen MR) is 101 cm³/mol.